The Hall–Kier alpha value is -1.25. The molecule has 0 bridgehead atoms. The van der Waals surface area contributed by atoms with Gasteiger partial charge < -0.3 is 14.7 Å². The Morgan fingerprint density at radius 3 is 2.55 bits per heavy atom. The molecule has 0 saturated carbocycles. The maximum atomic E-state index is 12.6. The van der Waals surface area contributed by atoms with Crippen molar-refractivity contribution < 1.29 is 27.8 Å². The highest BCUT2D eigenvalue weighted by molar-refractivity contribution is 8.00. The fraction of sp³-hybridized carbons (Fsp3) is 0.500. The summed E-state index contributed by atoms with van der Waals surface area (Å²) in [4.78, 5) is 13.5. The second-order valence-electron chi connectivity index (χ2n) is 4.71. The van der Waals surface area contributed by atoms with Gasteiger partial charge in [-0.25, -0.2) is 0 Å². The Labute approximate surface area is 130 Å². The van der Waals surface area contributed by atoms with E-state index in [1.807, 2.05) is 0 Å². The molecule has 1 aliphatic rings. The van der Waals surface area contributed by atoms with Crippen molar-refractivity contribution in [2.75, 3.05) is 32.1 Å². The molecule has 1 aromatic rings. The molecule has 0 aliphatic carbocycles. The molecule has 1 aliphatic heterocycles. The number of benzene rings is 1. The first kappa shape index (κ1) is 17.1. The predicted molar refractivity (Wildman–Crippen MR) is 76.3 cm³/mol. The molecular formula is C14H16F3NO3S. The third kappa shape index (κ3) is 4.15. The minimum atomic E-state index is -4.37. The molecule has 4 nitrogen and oxygen atoms in total. The Morgan fingerprint density at radius 1 is 1.27 bits per heavy atom. The van der Waals surface area contributed by atoms with E-state index in [4.69, 9.17) is 9.84 Å². The number of carbonyl (C=O) groups excluding carboxylic acids is 1. The molecular weight excluding hydrogens is 319 g/mol. The molecule has 1 N–H and O–H groups in total. The summed E-state index contributed by atoms with van der Waals surface area (Å²) >= 11 is 1.38. The summed E-state index contributed by atoms with van der Waals surface area (Å²) in [6.45, 7) is 0.729. The molecule has 1 amide bonds. The van der Waals surface area contributed by atoms with Crippen molar-refractivity contribution in [3.8, 4) is 0 Å². The van der Waals surface area contributed by atoms with Crippen LogP contribution in [-0.4, -0.2) is 48.0 Å². The first-order valence-electron chi connectivity index (χ1n) is 6.70. The van der Waals surface area contributed by atoms with E-state index >= 15 is 0 Å². The molecule has 1 aromatic carbocycles. The van der Waals surface area contributed by atoms with Crippen molar-refractivity contribution in [1.29, 1.82) is 0 Å². The lowest BCUT2D eigenvalue weighted by molar-refractivity contribution is -0.137. The highest BCUT2D eigenvalue weighted by Gasteiger charge is 2.34. The van der Waals surface area contributed by atoms with E-state index in [1.165, 1.54) is 23.9 Å². The van der Waals surface area contributed by atoms with Gasteiger partial charge in [-0.15, -0.1) is 11.8 Å². The summed E-state index contributed by atoms with van der Waals surface area (Å²) in [6.07, 6.45) is -4.37. The zero-order valence-corrected chi connectivity index (χ0v) is 12.5. The van der Waals surface area contributed by atoms with Crippen LogP contribution >= 0.6 is 11.8 Å². The summed E-state index contributed by atoms with van der Waals surface area (Å²) in [5.74, 6) is 0.230. The van der Waals surface area contributed by atoms with Gasteiger partial charge in [0.1, 0.15) is 5.37 Å². The lowest BCUT2D eigenvalue weighted by Gasteiger charge is -2.24. The molecule has 0 radical (unpaired) electrons. The number of alkyl halides is 3. The van der Waals surface area contributed by atoms with Crippen molar-refractivity contribution in [3.05, 3.63) is 35.4 Å². The van der Waals surface area contributed by atoms with Gasteiger partial charge in [0.2, 0.25) is 5.91 Å². The van der Waals surface area contributed by atoms with Crippen LogP contribution in [0.25, 0.3) is 0 Å². The molecule has 0 aromatic heterocycles. The number of nitrogens with zero attached hydrogens (tertiary/aromatic N) is 1. The summed E-state index contributed by atoms with van der Waals surface area (Å²) in [7, 11) is 0. The van der Waals surface area contributed by atoms with E-state index in [9.17, 15) is 18.0 Å². The SMILES string of the molecule is O=C1CSC(c2ccc(C(F)(F)F)cc2)N1CCOCCO. The number of ether oxygens (including phenoxy) is 1. The number of aliphatic hydroxyl groups is 1. The first-order valence-corrected chi connectivity index (χ1v) is 7.75. The number of thioether (sulfide) groups is 1. The highest BCUT2D eigenvalue weighted by atomic mass is 32.2. The highest BCUT2D eigenvalue weighted by Crippen LogP contribution is 2.39. The number of aliphatic hydroxyl groups excluding tert-OH is 1. The van der Waals surface area contributed by atoms with Gasteiger partial charge in [0.05, 0.1) is 31.1 Å². The van der Waals surface area contributed by atoms with E-state index in [-0.39, 0.29) is 31.1 Å². The van der Waals surface area contributed by atoms with Gasteiger partial charge in [-0.2, -0.15) is 13.2 Å². The Morgan fingerprint density at radius 2 is 1.95 bits per heavy atom. The van der Waals surface area contributed by atoms with Crippen LogP contribution in [0.2, 0.25) is 0 Å². The number of halogens is 3. The molecule has 8 heteroatoms. The lowest BCUT2D eigenvalue weighted by atomic mass is 10.1. The summed E-state index contributed by atoms with van der Waals surface area (Å²) < 4.78 is 42.8. The maximum Gasteiger partial charge on any atom is 0.416 e. The fourth-order valence-corrected chi connectivity index (χ4v) is 3.36. The Balaban J connectivity index is 2.04. The quantitative estimate of drug-likeness (QED) is 0.811. The fourth-order valence-electron chi connectivity index (χ4n) is 2.14. The van der Waals surface area contributed by atoms with Crippen LogP contribution in [0.15, 0.2) is 24.3 Å². The predicted octanol–water partition coefficient (Wildman–Crippen LogP) is 2.29. The van der Waals surface area contributed by atoms with Crippen LogP contribution in [0.5, 0.6) is 0 Å². The average Bonchev–Trinajstić information content (AvgIpc) is 2.84. The zero-order valence-electron chi connectivity index (χ0n) is 11.7. The van der Waals surface area contributed by atoms with Gasteiger partial charge in [-0.1, -0.05) is 12.1 Å². The minimum Gasteiger partial charge on any atom is -0.394 e. The first-order chi connectivity index (χ1) is 10.4. The molecule has 1 heterocycles. The molecule has 122 valence electrons. The number of rotatable bonds is 6. The molecule has 1 atom stereocenters. The monoisotopic (exact) mass is 335 g/mol. The van der Waals surface area contributed by atoms with Gasteiger partial charge in [0, 0.05) is 6.54 Å². The number of hydrogen-bond acceptors (Lipinski definition) is 4. The number of hydrogen-bond donors (Lipinski definition) is 1. The number of amides is 1. The maximum absolute atomic E-state index is 12.6. The number of carbonyl (C=O) groups is 1. The summed E-state index contributed by atoms with van der Waals surface area (Å²) in [5.41, 5.74) is -0.0468. The van der Waals surface area contributed by atoms with Crippen LogP contribution in [0.1, 0.15) is 16.5 Å². The molecule has 1 unspecified atom stereocenters. The standard InChI is InChI=1S/C14H16F3NO3S/c15-14(16,17)11-3-1-10(2-4-11)13-18(12(20)9-22-13)5-7-21-8-6-19/h1-4,13,19H,5-9H2. The Kier molecular flexibility index (Phi) is 5.71. The third-order valence-electron chi connectivity index (χ3n) is 3.20. The van der Waals surface area contributed by atoms with Crippen molar-refractivity contribution in [3.63, 3.8) is 0 Å². The summed E-state index contributed by atoms with van der Waals surface area (Å²) in [5, 5.41) is 8.33. The summed E-state index contributed by atoms with van der Waals surface area (Å²) in [6, 6.07) is 4.86. The van der Waals surface area contributed by atoms with E-state index in [1.54, 1.807) is 4.90 Å². The van der Waals surface area contributed by atoms with Crippen LogP contribution in [-0.2, 0) is 15.7 Å². The van der Waals surface area contributed by atoms with Gasteiger partial charge in [-0.05, 0) is 17.7 Å². The Bertz CT molecular complexity index is 507. The van der Waals surface area contributed by atoms with E-state index in [2.05, 4.69) is 0 Å². The minimum absolute atomic E-state index is 0.0671. The third-order valence-corrected chi connectivity index (χ3v) is 4.46. The molecule has 0 spiro atoms. The molecule has 22 heavy (non-hydrogen) atoms. The zero-order chi connectivity index (χ0) is 16.2. The second-order valence-corrected chi connectivity index (χ2v) is 5.77. The molecule has 1 fully saturated rings. The molecule has 1 saturated heterocycles. The van der Waals surface area contributed by atoms with Crippen LogP contribution in [0.3, 0.4) is 0 Å². The van der Waals surface area contributed by atoms with Crippen molar-refractivity contribution in [2.45, 2.75) is 11.6 Å². The molecule has 2 rings (SSSR count). The van der Waals surface area contributed by atoms with Crippen LogP contribution in [0, 0.1) is 0 Å². The topological polar surface area (TPSA) is 49.8 Å². The van der Waals surface area contributed by atoms with Crippen LogP contribution in [0.4, 0.5) is 13.2 Å². The van der Waals surface area contributed by atoms with E-state index in [0.717, 1.165) is 12.1 Å². The van der Waals surface area contributed by atoms with E-state index < -0.39 is 11.7 Å². The largest absolute Gasteiger partial charge is 0.416 e. The van der Waals surface area contributed by atoms with Crippen LogP contribution < -0.4 is 0 Å². The lowest BCUT2D eigenvalue weighted by Crippen LogP contribution is -2.31. The van der Waals surface area contributed by atoms with Crippen molar-refractivity contribution in [1.82, 2.24) is 4.90 Å². The average molecular weight is 335 g/mol. The van der Waals surface area contributed by atoms with Gasteiger partial charge in [-0.3, -0.25) is 4.79 Å². The van der Waals surface area contributed by atoms with Gasteiger partial charge in [0.25, 0.3) is 0 Å². The second kappa shape index (κ2) is 7.34. The van der Waals surface area contributed by atoms with Crippen molar-refractivity contribution in [2.24, 2.45) is 0 Å². The van der Waals surface area contributed by atoms with E-state index in [0.29, 0.717) is 17.9 Å². The smallest absolute Gasteiger partial charge is 0.394 e. The van der Waals surface area contributed by atoms with Gasteiger partial charge in [0.15, 0.2) is 0 Å². The van der Waals surface area contributed by atoms with Crippen molar-refractivity contribution >= 4 is 17.7 Å². The van der Waals surface area contributed by atoms with Gasteiger partial charge >= 0.3 is 6.18 Å². The normalized spacial score (nSPS) is 19.0.